The Hall–Kier alpha value is -2.14. The van der Waals surface area contributed by atoms with Crippen LogP contribution >= 0.6 is 11.3 Å². The molecular weight excluding hydrogens is 280 g/mol. The van der Waals surface area contributed by atoms with E-state index in [0.29, 0.717) is 0 Å². The molecule has 3 aromatic rings. The van der Waals surface area contributed by atoms with Crippen LogP contribution in [0.15, 0.2) is 42.9 Å². The van der Waals surface area contributed by atoms with Gasteiger partial charge in [0.15, 0.2) is 5.82 Å². The molecule has 1 N–H and O–H groups in total. The molecule has 0 aliphatic rings. The number of aromatic nitrogens is 3. The van der Waals surface area contributed by atoms with Crippen LogP contribution in [0.3, 0.4) is 0 Å². The van der Waals surface area contributed by atoms with Gasteiger partial charge >= 0.3 is 0 Å². The largest absolute Gasteiger partial charge is 0.377 e. The van der Waals surface area contributed by atoms with E-state index in [2.05, 4.69) is 40.4 Å². The van der Waals surface area contributed by atoms with Gasteiger partial charge in [-0.05, 0) is 37.6 Å². The van der Waals surface area contributed by atoms with E-state index in [1.807, 2.05) is 35.1 Å². The van der Waals surface area contributed by atoms with Crippen molar-refractivity contribution in [3.63, 3.8) is 0 Å². The van der Waals surface area contributed by atoms with Gasteiger partial charge in [0.25, 0.3) is 0 Å². The lowest BCUT2D eigenvalue weighted by atomic mass is 10.3. The third kappa shape index (κ3) is 2.97. The van der Waals surface area contributed by atoms with Crippen LogP contribution in [0.4, 0.5) is 5.69 Å². The SMILES string of the molecule is CCc1ccc(CNc2cccnc2-n2ccnc2C)s1. The molecule has 3 heterocycles. The van der Waals surface area contributed by atoms with Crippen LogP contribution in [-0.4, -0.2) is 14.5 Å². The molecule has 0 bridgehead atoms. The average Bonchev–Trinajstić information content (AvgIpc) is 3.14. The maximum atomic E-state index is 4.48. The van der Waals surface area contributed by atoms with E-state index in [1.54, 1.807) is 12.4 Å². The number of hydrogen-bond donors (Lipinski definition) is 1. The van der Waals surface area contributed by atoms with Crippen molar-refractivity contribution < 1.29 is 0 Å². The molecule has 21 heavy (non-hydrogen) atoms. The first-order valence-electron chi connectivity index (χ1n) is 7.04. The summed E-state index contributed by atoms with van der Waals surface area (Å²) in [7, 11) is 0. The number of imidazole rings is 1. The summed E-state index contributed by atoms with van der Waals surface area (Å²) >= 11 is 1.86. The van der Waals surface area contributed by atoms with E-state index in [-0.39, 0.29) is 0 Å². The molecule has 108 valence electrons. The molecule has 0 amide bonds. The maximum Gasteiger partial charge on any atom is 0.161 e. The lowest BCUT2D eigenvalue weighted by Crippen LogP contribution is -2.06. The van der Waals surface area contributed by atoms with Crippen molar-refractivity contribution in [1.82, 2.24) is 14.5 Å². The summed E-state index contributed by atoms with van der Waals surface area (Å²) in [5.41, 5.74) is 1.02. The fourth-order valence-corrected chi connectivity index (χ4v) is 3.12. The van der Waals surface area contributed by atoms with Gasteiger partial charge < -0.3 is 5.32 Å². The van der Waals surface area contributed by atoms with Gasteiger partial charge in [0.1, 0.15) is 5.82 Å². The Morgan fingerprint density at radius 2 is 2.00 bits per heavy atom. The number of nitrogens with one attached hydrogen (secondary N) is 1. The highest BCUT2D eigenvalue weighted by atomic mass is 32.1. The van der Waals surface area contributed by atoms with Gasteiger partial charge in [-0.2, -0.15) is 0 Å². The Kier molecular flexibility index (Phi) is 4.01. The first-order chi connectivity index (χ1) is 10.3. The molecule has 0 aliphatic carbocycles. The molecule has 0 fully saturated rings. The molecule has 0 unspecified atom stereocenters. The van der Waals surface area contributed by atoms with Gasteiger partial charge in [-0.1, -0.05) is 6.92 Å². The van der Waals surface area contributed by atoms with Gasteiger partial charge in [0.05, 0.1) is 5.69 Å². The number of nitrogens with zero attached hydrogens (tertiary/aromatic N) is 3. The van der Waals surface area contributed by atoms with Crippen LogP contribution in [0.2, 0.25) is 0 Å². The van der Waals surface area contributed by atoms with Crippen LogP contribution in [0.5, 0.6) is 0 Å². The number of aryl methyl sites for hydroxylation is 2. The van der Waals surface area contributed by atoms with E-state index in [9.17, 15) is 0 Å². The smallest absolute Gasteiger partial charge is 0.161 e. The molecule has 0 aromatic carbocycles. The predicted octanol–water partition coefficient (Wildman–Crippen LogP) is 3.81. The van der Waals surface area contributed by atoms with Crippen molar-refractivity contribution >= 4 is 17.0 Å². The van der Waals surface area contributed by atoms with Gasteiger partial charge in [-0.15, -0.1) is 11.3 Å². The standard InChI is InChI=1S/C16H18N4S/c1-3-13-6-7-14(21-13)11-19-15-5-4-8-18-16(15)20-10-9-17-12(20)2/h4-10,19H,3,11H2,1-2H3. The van der Waals surface area contributed by atoms with Crippen LogP contribution in [0, 0.1) is 6.92 Å². The van der Waals surface area contributed by atoms with Crippen LogP contribution in [-0.2, 0) is 13.0 Å². The highest BCUT2D eigenvalue weighted by molar-refractivity contribution is 7.12. The second kappa shape index (κ2) is 6.10. The van der Waals surface area contributed by atoms with Gasteiger partial charge in [-0.25, -0.2) is 9.97 Å². The van der Waals surface area contributed by atoms with Gasteiger partial charge in [0.2, 0.25) is 0 Å². The fourth-order valence-electron chi connectivity index (χ4n) is 2.22. The Balaban J connectivity index is 1.81. The number of pyridine rings is 1. The lowest BCUT2D eigenvalue weighted by Gasteiger charge is -2.11. The normalized spacial score (nSPS) is 10.8. The molecule has 0 radical (unpaired) electrons. The molecule has 0 saturated heterocycles. The topological polar surface area (TPSA) is 42.7 Å². The minimum Gasteiger partial charge on any atom is -0.377 e. The third-order valence-electron chi connectivity index (χ3n) is 3.36. The van der Waals surface area contributed by atoms with Gasteiger partial charge in [-0.3, -0.25) is 4.57 Å². The Labute approximate surface area is 128 Å². The quantitative estimate of drug-likeness (QED) is 0.779. The lowest BCUT2D eigenvalue weighted by molar-refractivity contribution is 0.930. The Morgan fingerprint density at radius 3 is 2.71 bits per heavy atom. The van der Waals surface area contributed by atoms with Crippen molar-refractivity contribution in [2.45, 2.75) is 26.8 Å². The minimum atomic E-state index is 0.817. The first kappa shape index (κ1) is 13.8. The average molecular weight is 298 g/mol. The minimum absolute atomic E-state index is 0.817. The van der Waals surface area contributed by atoms with Crippen LogP contribution in [0.25, 0.3) is 5.82 Å². The molecule has 0 aliphatic heterocycles. The maximum absolute atomic E-state index is 4.48. The summed E-state index contributed by atoms with van der Waals surface area (Å²) < 4.78 is 1.99. The molecule has 4 nitrogen and oxygen atoms in total. The molecule has 5 heteroatoms. The van der Waals surface area contributed by atoms with E-state index in [0.717, 1.165) is 30.3 Å². The first-order valence-corrected chi connectivity index (χ1v) is 7.86. The number of anilines is 1. The molecule has 0 spiro atoms. The van der Waals surface area contributed by atoms with Gasteiger partial charge in [0, 0.05) is 34.9 Å². The van der Waals surface area contributed by atoms with E-state index < -0.39 is 0 Å². The van der Waals surface area contributed by atoms with Crippen molar-refractivity contribution in [2.24, 2.45) is 0 Å². The molecule has 0 atom stereocenters. The summed E-state index contributed by atoms with van der Waals surface area (Å²) in [5, 5.41) is 3.48. The second-order valence-corrected chi connectivity index (χ2v) is 6.05. The number of thiophene rings is 1. The molecular formula is C16H18N4S. The fraction of sp³-hybridized carbons (Fsp3) is 0.250. The van der Waals surface area contributed by atoms with Crippen molar-refractivity contribution in [3.8, 4) is 5.82 Å². The molecule has 0 saturated carbocycles. The zero-order valence-electron chi connectivity index (χ0n) is 12.2. The Bertz CT molecular complexity index is 729. The zero-order valence-corrected chi connectivity index (χ0v) is 13.0. The summed E-state index contributed by atoms with van der Waals surface area (Å²) in [6.45, 7) is 4.98. The van der Waals surface area contributed by atoms with Crippen molar-refractivity contribution in [1.29, 1.82) is 0 Å². The summed E-state index contributed by atoms with van der Waals surface area (Å²) in [6.07, 6.45) is 6.63. The van der Waals surface area contributed by atoms with E-state index >= 15 is 0 Å². The van der Waals surface area contributed by atoms with E-state index in [4.69, 9.17) is 0 Å². The van der Waals surface area contributed by atoms with Crippen LogP contribution < -0.4 is 5.32 Å². The number of hydrogen-bond acceptors (Lipinski definition) is 4. The summed E-state index contributed by atoms with van der Waals surface area (Å²) in [4.78, 5) is 11.5. The zero-order chi connectivity index (χ0) is 14.7. The summed E-state index contributed by atoms with van der Waals surface area (Å²) in [5.74, 6) is 1.82. The third-order valence-corrected chi connectivity index (χ3v) is 4.59. The highest BCUT2D eigenvalue weighted by Gasteiger charge is 2.08. The number of rotatable bonds is 5. The predicted molar refractivity (Wildman–Crippen MR) is 87.1 cm³/mol. The van der Waals surface area contributed by atoms with Crippen LogP contribution in [0.1, 0.15) is 22.5 Å². The monoisotopic (exact) mass is 298 g/mol. The van der Waals surface area contributed by atoms with Crippen molar-refractivity contribution in [3.05, 3.63) is 58.4 Å². The molecule has 3 rings (SSSR count). The second-order valence-electron chi connectivity index (χ2n) is 4.79. The Morgan fingerprint density at radius 1 is 1.14 bits per heavy atom. The highest BCUT2D eigenvalue weighted by Crippen LogP contribution is 2.22. The van der Waals surface area contributed by atoms with E-state index in [1.165, 1.54) is 9.75 Å². The molecule has 3 aromatic heterocycles. The van der Waals surface area contributed by atoms with Crippen molar-refractivity contribution in [2.75, 3.05) is 5.32 Å². The summed E-state index contributed by atoms with van der Waals surface area (Å²) in [6, 6.07) is 8.39.